The topological polar surface area (TPSA) is 17.1 Å². The van der Waals surface area contributed by atoms with Gasteiger partial charge < -0.3 is 0 Å². The van der Waals surface area contributed by atoms with Crippen molar-refractivity contribution in [1.29, 1.82) is 0 Å². The molecule has 0 aromatic carbocycles. The molecule has 0 heterocycles. The van der Waals surface area contributed by atoms with Gasteiger partial charge in [0, 0.05) is 5.57 Å². The van der Waals surface area contributed by atoms with E-state index in [1.165, 1.54) is 12.2 Å². The van der Waals surface area contributed by atoms with Crippen LogP contribution in [0.3, 0.4) is 0 Å². The van der Waals surface area contributed by atoms with Gasteiger partial charge in [-0.05, 0) is 23.3 Å². The summed E-state index contributed by atoms with van der Waals surface area (Å²) in [5.74, 6) is -0.483. The summed E-state index contributed by atoms with van der Waals surface area (Å²) < 4.78 is 12.8. The third kappa shape index (κ3) is 5.37. The Morgan fingerprint density at radius 3 is 2.13 bits per heavy atom. The van der Waals surface area contributed by atoms with Gasteiger partial charge in [-0.3, -0.25) is 4.79 Å². The number of rotatable bonds is 6. The van der Waals surface area contributed by atoms with E-state index in [1.807, 2.05) is 0 Å². The van der Waals surface area contributed by atoms with E-state index >= 15 is 0 Å². The molecule has 78 valence electrons. The van der Waals surface area contributed by atoms with Crippen LogP contribution in [0.4, 0.5) is 4.39 Å². The van der Waals surface area contributed by atoms with Crippen LogP contribution in [0, 0.1) is 0 Å². The molecule has 0 atom stereocenters. The Hall–Kier alpha value is -1.96. The van der Waals surface area contributed by atoms with Crippen molar-refractivity contribution in [2.75, 3.05) is 0 Å². The zero-order valence-electron chi connectivity index (χ0n) is 8.50. The van der Waals surface area contributed by atoms with Gasteiger partial charge >= 0.3 is 0 Å². The molecule has 0 aromatic rings. The molecule has 2 heteroatoms. The molecule has 0 fully saturated rings. The van der Waals surface area contributed by atoms with E-state index in [0.717, 1.165) is 6.08 Å². The van der Waals surface area contributed by atoms with Crippen LogP contribution in [0.25, 0.3) is 0 Å². The first-order valence-corrected chi connectivity index (χ1v) is 4.21. The Morgan fingerprint density at radius 1 is 1.07 bits per heavy atom. The maximum Gasteiger partial charge on any atom is 0.149 e. The van der Waals surface area contributed by atoms with Crippen LogP contribution in [0.1, 0.15) is 0 Å². The van der Waals surface area contributed by atoms with Crippen LogP contribution < -0.4 is 0 Å². The first kappa shape index (κ1) is 13.0. The van der Waals surface area contributed by atoms with E-state index in [-0.39, 0.29) is 0 Å². The standard InChI is InChI=1S/C13H13FO/c1-5-13(14)8-12(4)11(3)7-6-10(2)9-15/h5-9H,1-4H2/b7-6-,13-8+. The molecule has 0 saturated carbocycles. The van der Waals surface area contributed by atoms with Crippen molar-refractivity contribution in [2.45, 2.75) is 0 Å². The summed E-state index contributed by atoms with van der Waals surface area (Å²) in [6.07, 6.45) is 5.94. The van der Waals surface area contributed by atoms with Crippen molar-refractivity contribution >= 4 is 6.29 Å². The maximum atomic E-state index is 12.8. The molecule has 0 bridgehead atoms. The van der Waals surface area contributed by atoms with Crippen molar-refractivity contribution in [3.63, 3.8) is 0 Å². The number of aldehydes is 1. The van der Waals surface area contributed by atoms with Gasteiger partial charge in [-0.15, -0.1) is 0 Å². The molecule has 0 aliphatic rings. The number of hydrogen-bond acceptors (Lipinski definition) is 1. The summed E-state index contributed by atoms with van der Waals surface area (Å²) in [7, 11) is 0. The highest BCUT2D eigenvalue weighted by atomic mass is 19.1. The van der Waals surface area contributed by atoms with Crippen molar-refractivity contribution in [3.8, 4) is 0 Å². The van der Waals surface area contributed by atoms with Gasteiger partial charge in [0.1, 0.15) is 12.1 Å². The molecule has 15 heavy (non-hydrogen) atoms. The van der Waals surface area contributed by atoms with Gasteiger partial charge in [0.25, 0.3) is 0 Å². The SMILES string of the molecule is C=C/C(F)=C\C(=C)C(=C)/C=C\C(=C)C=O. The summed E-state index contributed by atoms with van der Waals surface area (Å²) in [4.78, 5) is 10.2. The highest BCUT2D eigenvalue weighted by molar-refractivity contribution is 5.76. The molecule has 0 aliphatic heterocycles. The van der Waals surface area contributed by atoms with Crippen LogP contribution >= 0.6 is 0 Å². The lowest BCUT2D eigenvalue weighted by molar-refractivity contribution is -0.104. The second kappa shape index (κ2) is 6.49. The quantitative estimate of drug-likeness (QED) is 0.368. The fourth-order valence-electron chi connectivity index (χ4n) is 0.672. The van der Waals surface area contributed by atoms with Gasteiger partial charge in [0.15, 0.2) is 0 Å². The predicted octanol–water partition coefficient (Wildman–Crippen LogP) is 3.45. The molecule has 0 saturated heterocycles. The fraction of sp³-hybridized carbons (Fsp3) is 0. The monoisotopic (exact) mass is 204 g/mol. The molecular formula is C13H13FO. The van der Waals surface area contributed by atoms with Crippen LogP contribution in [0.5, 0.6) is 0 Å². The van der Waals surface area contributed by atoms with E-state index in [4.69, 9.17) is 0 Å². The van der Waals surface area contributed by atoms with Crippen molar-refractivity contribution in [3.05, 3.63) is 73.2 Å². The van der Waals surface area contributed by atoms with E-state index in [1.54, 1.807) is 6.08 Å². The van der Waals surface area contributed by atoms with Gasteiger partial charge in [0.05, 0.1) is 0 Å². The molecular weight excluding hydrogens is 191 g/mol. The summed E-state index contributed by atoms with van der Waals surface area (Å²) in [6.45, 7) is 14.0. The lowest BCUT2D eigenvalue weighted by Crippen LogP contribution is -1.81. The summed E-state index contributed by atoms with van der Waals surface area (Å²) in [5, 5.41) is 0. The molecule has 0 aliphatic carbocycles. The lowest BCUT2D eigenvalue weighted by atomic mass is 10.1. The molecule has 0 rings (SSSR count). The molecule has 0 unspecified atom stereocenters. The zero-order valence-corrected chi connectivity index (χ0v) is 8.50. The van der Waals surface area contributed by atoms with Crippen LogP contribution in [0.15, 0.2) is 73.2 Å². The Kier molecular flexibility index (Phi) is 5.64. The number of hydrogen-bond donors (Lipinski definition) is 0. The first-order chi connectivity index (χ1) is 7.01. The maximum absolute atomic E-state index is 12.8. The third-order valence-electron chi connectivity index (χ3n) is 1.57. The zero-order chi connectivity index (χ0) is 11.8. The molecule has 0 spiro atoms. The normalized spacial score (nSPS) is 11.1. The second-order valence-electron chi connectivity index (χ2n) is 2.81. The Bertz CT molecular complexity index is 370. The van der Waals surface area contributed by atoms with Gasteiger partial charge in [-0.25, -0.2) is 4.39 Å². The summed E-state index contributed by atoms with van der Waals surface area (Å²) in [6, 6.07) is 0. The number of allylic oxidation sites excluding steroid dienone is 8. The van der Waals surface area contributed by atoms with Crippen LogP contribution in [-0.4, -0.2) is 6.29 Å². The lowest BCUT2D eigenvalue weighted by Gasteiger charge is -1.98. The number of carbonyl (C=O) groups is 1. The van der Waals surface area contributed by atoms with Crippen LogP contribution in [0.2, 0.25) is 0 Å². The smallest absolute Gasteiger partial charge is 0.149 e. The van der Waals surface area contributed by atoms with Crippen molar-refractivity contribution in [2.24, 2.45) is 0 Å². The summed E-state index contributed by atoms with van der Waals surface area (Å²) >= 11 is 0. The number of halogens is 1. The van der Waals surface area contributed by atoms with E-state index in [2.05, 4.69) is 26.3 Å². The fourth-order valence-corrected chi connectivity index (χ4v) is 0.672. The Morgan fingerprint density at radius 2 is 1.67 bits per heavy atom. The molecule has 0 N–H and O–H groups in total. The third-order valence-corrected chi connectivity index (χ3v) is 1.57. The minimum Gasteiger partial charge on any atom is -0.298 e. The first-order valence-electron chi connectivity index (χ1n) is 4.21. The Balaban J connectivity index is 4.54. The second-order valence-corrected chi connectivity index (χ2v) is 2.81. The molecule has 0 radical (unpaired) electrons. The predicted molar refractivity (Wildman–Crippen MR) is 62.0 cm³/mol. The van der Waals surface area contributed by atoms with Gasteiger partial charge in [-0.2, -0.15) is 0 Å². The largest absolute Gasteiger partial charge is 0.298 e. The average Bonchev–Trinajstić information content (AvgIpc) is 2.24. The number of carbonyl (C=O) groups excluding carboxylic acids is 1. The Labute approximate surface area is 89.3 Å². The molecule has 1 nitrogen and oxygen atoms in total. The van der Waals surface area contributed by atoms with Crippen LogP contribution in [-0.2, 0) is 4.79 Å². The van der Waals surface area contributed by atoms with Gasteiger partial charge in [0.2, 0.25) is 0 Å². The van der Waals surface area contributed by atoms with Crippen molar-refractivity contribution in [1.82, 2.24) is 0 Å². The average molecular weight is 204 g/mol. The van der Waals surface area contributed by atoms with Gasteiger partial charge in [-0.1, -0.05) is 38.5 Å². The minimum atomic E-state index is -0.483. The molecule has 0 aromatic heterocycles. The van der Waals surface area contributed by atoms with Crippen molar-refractivity contribution < 1.29 is 9.18 Å². The minimum absolute atomic E-state index is 0.317. The summed E-state index contributed by atoms with van der Waals surface area (Å²) in [5.41, 5.74) is 1.24. The highest BCUT2D eigenvalue weighted by Gasteiger charge is 1.95. The van der Waals surface area contributed by atoms with E-state index in [0.29, 0.717) is 23.0 Å². The van der Waals surface area contributed by atoms with E-state index in [9.17, 15) is 9.18 Å². The highest BCUT2D eigenvalue weighted by Crippen LogP contribution is 2.12. The van der Waals surface area contributed by atoms with E-state index < -0.39 is 5.83 Å². The molecule has 0 amide bonds.